The van der Waals surface area contributed by atoms with E-state index >= 15 is 0 Å². The Balaban J connectivity index is 1.99. The summed E-state index contributed by atoms with van der Waals surface area (Å²) in [5, 5.41) is 2.08. The molecule has 2 atom stereocenters. The molecule has 4 heteroatoms. The third-order valence-corrected chi connectivity index (χ3v) is 4.06. The summed E-state index contributed by atoms with van der Waals surface area (Å²) in [6.07, 6.45) is 0.815. The van der Waals surface area contributed by atoms with Crippen LogP contribution in [0.5, 0.6) is 5.75 Å². The van der Waals surface area contributed by atoms with E-state index in [1.54, 1.807) is 18.4 Å². The molecule has 0 saturated carbocycles. The van der Waals surface area contributed by atoms with Crippen LogP contribution in [0.25, 0.3) is 0 Å². The van der Waals surface area contributed by atoms with Crippen molar-refractivity contribution in [3.63, 3.8) is 0 Å². The fraction of sp³-hybridized carbons (Fsp3) is 0.375. The van der Waals surface area contributed by atoms with Crippen molar-refractivity contribution in [1.82, 2.24) is 0 Å². The van der Waals surface area contributed by atoms with Gasteiger partial charge in [-0.05, 0) is 36.1 Å². The van der Waals surface area contributed by atoms with Gasteiger partial charge in [-0.15, -0.1) is 11.3 Å². The van der Waals surface area contributed by atoms with Crippen LogP contribution in [0.2, 0.25) is 0 Å². The maximum Gasteiger partial charge on any atom is 0.119 e. The molecule has 0 aliphatic carbocycles. The van der Waals surface area contributed by atoms with Gasteiger partial charge in [-0.3, -0.25) is 0 Å². The summed E-state index contributed by atoms with van der Waals surface area (Å²) in [6, 6.07) is 12.0. The number of nitrogens with two attached hydrogens (primary N) is 1. The summed E-state index contributed by atoms with van der Waals surface area (Å²) in [7, 11) is 1.66. The molecule has 0 bridgehead atoms. The molecule has 0 amide bonds. The fourth-order valence-electron chi connectivity index (χ4n) is 2.11. The molecular formula is C16H21NO2S. The molecule has 0 aliphatic rings. The van der Waals surface area contributed by atoms with Gasteiger partial charge in [0.1, 0.15) is 5.75 Å². The van der Waals surface area contributed by atoms with Crippen molar-refractivity contribution in [2.75, 3.05) is 13.7 Å². The zero-order chi connectivity index (χ0) is 14.4. The Bertz CT molecular complexity index is 511. The first-order chi connectivity index (χ1) is 9.70. The van der Waals surface area contributed by atoms with E-state index in [0.717, 1.165) is 17.7 Å². The highest BCUT2D eigenvalue weighted by Crippen LogP contribution is 2.24. The maximum atomic E-state index is 6.06. The van der Waals surface area contributed by atoms with E-state index in [4.69, 9.17) is 15.2 Å². The second kappa shape index (κ2) is 7.43. The highest BCUT2D eigenvalue weighted by Gasteiger charge is 2.17. The topological polar surface area (TPSA) is 44.5 Å². The molecule has 1 heterocycles. The Labute approximate surface area is 124 Å². The monoisotopic (exact) mass is 291 g/mol. The zero-order valence-electron chi connectivity index (χ0n) is 11.9. The van der Waals surface area contributed by atoms with Crippen LogP contribution in [0.3, 0.4) is 0 Å². The van der Waals surface area contributed by atoms with Crippen LogP contribution in [-0.4, -0.2) is 19.8 Å². The average Bonchev–Trinajstić information content (AvgIpc) is 2.96. The predicted octanol–water partition coefficient (Wildman–Crippen LogP) is 3.40. The minimum Gasteiger partial charge on any atom is -0.497 e. The third kappa shape index (κ3) is 4.07. The molecular weight excluding hydrogens is 270 g/mol. The van der Waals surface area contributed by atoms with Gasteiger partial charge in [0, 0.05) is 17.3 Å². The van der Waals surface area contributed by atoms with E-state index in [0.29, 0.717) is 6.61 Å². The number of benzene rings is 1. The van der Waals surface area contributed by atoms with Gasteiger partial charge in [-0.1, -0.05) is 18.2 Å². The van der Waals surface area contributed by atoms with Crippen molar-refractivity contribution in [3.05, 3.63) is 52.2 Å². The quantitative estimate of drug-likeness (QED) is 0.850. The lowest BCUT2D eigenvalue weighted by atomic mass is 10.0. The Kier molecular flexibility index (Phi) is 5.59. The summed E-state index contributed by atoms with van der Waals surface area (Å²) in [5.41, 5.74) is 7.12. The summed E-state index contributed by atoms with van der Waals surface area (Å²) in [6.45, 7) is 2.64. The first-order valence-electron chi connectivity index (χ1n) is 6.74. The fourth-order valence-corrected chi connectivity index (χ4v) is 2.80. The molecule has 2 aromatic rings. The number of rotatable bonds is 7. The first-order valence-corrected chi connectivity index (χ1v) is 7.62. The summed E-state index contributed by atoms with van der Waals surface area (Å²) in [4.78, 5) is 1.33. The highest BCUT2D eigenvalue weighted by atomic mass is 32.1. The molecule has 20 heavy (non-hydrogen) atoms. The van der Waals surface area contributed by atoms with Crippen LogP contribution in [0.4, 0.5) is 0 Å². The normalized spacial score (nSPS) is 13.9. The van der Waals surface area contributed by atoms with E-state index < -0.39 is 0 Å². The van der Waals surface area contributed by atoms with Crippen LogP contribution in [0, 0.1) is 0 Å². The van der Waals surface area contributed by atoms with E-state index in [-0.39, 0.29) is 12.1 Å². The lowest BCUT2D eigenvalue weighted by Crippen LogP contribution is -2.27. The third-order valence-electron chi connectivity index (χ3n) is 3.13. The molecule has 0 radical (unpaired) electrons. The molecule has 1 aromatic heterocycles. The second-order valence-corrected chi connectivity index (χ2v) is 5.79. The first kappa shape index (κ1) is 15.0. The number of hydrogen-bond acceptors (Lipinski definition) is 4. The van der Waals surface area contributed by atoms with Crippen molar-refractivity contribution in [3.8, 4) is 5.75 Å². The average molecular weight is 291 g/mol. The molecule has 0 saturated heterocycles. The van der Waals surface area contributed by atoms with Crippen molar-refractivity contribution < 1.29 is 9.47 Å². The lowest BCUT2D eigenvalue weighted by molar-refractivity contribution is 0.0405. The van der Waals surface area contributed by atoms with E-state index in [1.165, 1.54) is 4.88 Å². The Morgan fingerprint density at radius 3 is 2.75 bits per heavy atom. The van der Waals surface area contributed by atoms with Gasteiger partial charge >= 0.3 is 0 Å². The van der Waals surface area contributed by atoms with Crippen LogP contribution in [-0.2, 0) is 11.2 Å². The molecule has 0 aliphatic heterocycles. The summed E-state index contributed by atoms with van der Waals surface area (Å²) < 4.78 is 11.2. The van der Waals surface area contributed by atoms with Gasteiger partial charge in [0.05, 0.1) is 19.8 Å². The van der Waals surface area contributed by atoms with E-state index in [2.05, 4.69) is 17.5 Å². The Hall–Kier alpha value is -1.36. The maximum absolute atomic E-state index is 6.06. The van der Waals surface area contributed by atoms with Gasteiger partial charge in [0.25, 0.3) is 0 Å². The van der Waals surface area contributed by atoms with Crippen molar-refractivity contribution in [2.45, 2.75) is 25.5 Å². The summed E-state index contributed by atoms with van der Waals surface area (Å²) in [5.74, 6) is 0.829. The number of ether oxygens (including phenoxy) is 2. The Morgan fingerprint density at radius 1 is 1.25 bits per heavy atom. The predicted molar refractivity (Wildman–Crippen MR) is 83.4 cm³/mol. The summed E-state index contributed by atoms with van der Waals surface area (Å²) >= 11 is 1.75. The van der Waals surface area contributed by atoms with Crippen LogP contribution in [0.1, 0.15) is 23.5 Å². The van der Waals surface area contributed by atoms with Crippen molar-refractivity contribution in [1.29, 1.82) is 0 Å². The van der Waals surface area contributed by atoms with Gasteiger partial charge in [0.15, 0.2) is 0 Å². The highest BCUT2D eigenvalue weighted by molar-refractivity contribution is 7.09. The van der Waals surface area contributed by atoms with Gasteiger partial charge in [-0.2, -0.15) is 0 Å². The van der Waals surface area contributed by atoms with Gasteiger partial charge in [0.2, 0.25) is 0 Å². The molecule has 3 nitrogen and oxygen atoms in total. The minimum absolute atomic E-state index is 0.0644. The molecule has 2 N–H and O–H groups in total. The molecule has 2 unspecified atom stereocenters. The molecule has 2 rings (SSSR count). The van der Waals surface area contributed by atoms with Gasteiger partial charge < -0.3 is 15.2 Å². The largest absolute Gasteiger partial charge is 0.497 e. The van der Waals surface area contributed by atoms with Gasteiger partial charge in [-0.25, -0.2) is 0 Å². The lowest BCUT2D eigenvalue weighted by Gasteiger charge is -2.22. The SMILES string of the molecule is COc1cccc(C(OCCc2cccs2)C(C)N)c1. The zero-order valence-corrected chi connectivity index (χ0v) is 12.7. The number of methoxy groups -OCH3 is 1. The molecule has 1 aromatic carbocycles. The second-order valence-electron chi connectivity index (χ2n) is 4.76. The molecule has 0 spiro atoms. The van der Waals surface area contributed by atoms with E-state index in [1.807, 2.05) is 31.2 Å². The van der Waals surface area contributed by atoms with Crippen LogP contribution < -0.4 is 10.5 Å². The van der Waals surface area contributed by atoms with E-state index in [9.17, 15) is 0 Å². The molecule has 0 fully saturated rings. The number of hydrogen-bond donors (Lipinski definition) is 1. The molecule has 108 valence electrons. The standard InChI is InChI=1S/C16H21NO2S/c1-12(17)16(13-5-3-6-14(11-13)18-2)19-9-8-15-7-4-10-20-15/h3-7,10-12,16H,8-9,17H2,1-2H3. The van der Waals surface area contributed by atoms with Crippen molar-refractivity contribution >= 4 is 11.3 Å². The van der Waals surface area contributed by atoms with Crippen LogP contribution in [0.15, 0.2) is 41.8 Å². The Morgan fingerprint density at radius 2 is 2.10 bits per heavy atom. The van der Waals surface area contributed by atoms with Crippen LogP contribution >= 0.6 is 11.3 Å². The smallest absolute Gasteiger partial charge is 0.119 e. The minimum atomic E-state index is -0.106. The number of thiophene rings is 1. The van der Waals surface area contributed by atoms with Crippen molar-refractivity contribution in [2.24, 2.45) is 5.73 Å².